The minimum Gasteiger partial charge on any atom is -0.504 e. The molecule has 1 aliphatic carbocycles. The summed E-state index contributed by atoms with van der Waals surface area (Å²) in [6, 6.07) is 3.94. The van der Waals surface area contributed by atoms with Crippen LogP contribution in [-0.2, 0) is 28.5 Å². The predicted molar refractivity (Wildman–Crippen MR) is 119 cm³/mol. The van der Waals surface area contributed by atoms with Gasteiger partial charge in [0.25, 0.3) is 0 Å². The number of rotatable bonds is 7. The third-order valence-electron chi connectivity index (χ3n) is 7.25. The molecule has 1 unspecified atom stereocenters. The lowest BCUT2D eigenvalue weighted by Crippen LogP contribution is -2.60. The third-order valence-corrected chi connectivity index (χ3v) is 7.25. The first-order valence-electron chi connectivity index (χ1n) is 11.7. The number of phenols is 2. The zero-order valence-electron chi connectivity index (χ0n) is 19.3. The van der Waals surface area contributed by atoms with E-state index in [1.807, 2.05) is 0 Å². The number of aromatic hydroxyl groups is 2. The summed E-state index contributed by atoms with van der Waals surface area (Å²) in [5.74, 6) is -2.59. The highest BCUT2D eigenvalue weighted by molar-refractivity contribution is 5.87. The van der Waals surface area contributed by atoms with Gasteiger partial charge in [-0.25, -0.2) is 4.79 Å². The number of carbonyl (C=O) groups is 1. The van der Waals surface area contributed by atoms with Crippen LogP contribution in [0.4, 0.5) is 0 Å². The van der Waals surface area contributed by atoms with E-state index in [4.69, 9.17) is 23.7 Å². The van der Waals surface area contributed by atoms with Gasteiger partial charge in [0, 0.05) is 12.0 Å². The lowest BCUT2D eigenvalue weighted by Gasteiger charge is -2.43. The van der Waals surface area contributed by atoms with Gasteiger partial charge in [0.1, 0.15) is 42.7 Å². The van der Waals surface area contributed by atoms with E-state index in [-0.39, 0.29) is 11.5 Å². The number of epoxide rings is 1. The van der Waals surface area contributed by atoms with Crippen LogP contribution in [-0.4, -0.2) is 110 Å². The summed E-state index contributed by atoms with van der Waals surface area (Å²) in [4.78, 5) is 12.1. The molecule has 202 valence electrons. The number of hydrogen-bond donors (Lipinski definition) is 7. The number of ether oxygens (including phenoxy) is 5. The Balaban J connectivity index is 1.21. The van der Waals surface area contributed by atoms with Crippen molar-refractivity contribution in [3.8, 4) is 11.5 Å². The largest absolute Gasteiger partial charge is 0.504 e. The van der Waals surface area contributed by atoms with Crippen molar-refractivity contribution >= 4 is 12.0 Å². The average molecular weight is 524 g/mol. The molecule has 0 aromatic heterocycles. The maximum absolute atomic E-state index is 12.1. The second-order valence-corrected chi connectivity index (χ2v) is 9.44. The molecule has 4 aliphatic rings. The first-order chi connectivity index (χ1) is 17.7. The van der Waals surface area contributed by atoms with Gasteiger partial charge in [-0.05, 0) is 29.8 Å². The van der Waals surface area contributed by atoms with Crippen molar-refractivity contribution in [2.24, 2.45) is 11.8 Å². The molecule has 3 heterocycles. The lowest BCUT2D eigenvalue weighted by atomic mass is 9.85. The molecule has 1 aromatic carbocycles. The molecule has 7 N–H and O–H groups in total. The number of phenolic OH excluding ortho intramolecular Hbond substituents is 2. The SMILES string of the molecule is O=C(/C=C/c1ccc(O)c(O)c1)OC[C@H]1O[C@@H](O[C@@H]2OC=C[C@@H]3C2[C@@]2(CO)O[C@H]2[C@H]3O)[C@H](O)[C@@H](O)[C@@H]1O. The number of fused-ring (bicyclic) bond motifs is 3. The van der Waals surface area contributed by atoms with Crippen LogP contribution < -0.4 is 0 Å². The smallest absolute Gasteiger partial charge is 0.330 e. The zero-order valence-corrected chi connectivity index (χ0v) is 19.3. The van der Waals surface area contributed by atoms with Gasteiger partial charge in [-0.1, -0.05) is 6.07 Å². The molecule has 11 atom stereocenters. The van der Waals surface area contributed by atoms with Crippen molar-refractivity contribution in [1.82, 2.24) is 0 Å². The van der Waals surface area contributed by atoms with E-state index in [0.29, 0.717) is 5.56 Å². The van der Waals surface area contributed by atoms with Crippen LogP contribution in [0.1, 0.15) is 5.56 Å². The Morgan fingerprint density at radius 3 is 2.54 bits per heavy atom. The molecule has 13 heteroatoms. The maximum atomic E-state index is 12.1. The molecule has 0 spiro atoms. The Hall–Kier alpha value is -2.75. The number of aliphatic hydroxyl groups excluding tert-OH is 5. The van der Waals surface area contributed by atoms with Crippen molar-refractivity contribution in [2.45, 2.75) is 54.8 Å². The van der Waals surface area contributed by atoms with Crippen LogP contribution in [0.25, 0.3) is 6.08 Å². The molecular weight excluding hydrogens is 496 g/mol. The fraction of sp³-hybridized carbons (Fsp3) is 0.542. The Bertz CT molecular complexity index is 1070. The van der Waals surface area contributed by atoms with Crippen LogP contribution in [0, 0.1) is 11.8 Å². The Kier molecular flexibility index (Phi) is 6.89. The van der Waals surface area contributed by atoms with Crippen LogP contribution in [0.15, 0.2) is 36.6 Å². The molecular formula is C24H28O13. The van der Waals surface area contributed by atoms with Gasteiger partial charge in [-0.2, -0.15) is 0 Å². The highest BCUT2D eigenvalue weighted by Crippen LogP contribution is 2.59. The number of esters is 1. The monoisotopic (exact) mass is 524 g/mol. The fourth-order valence-electron chi connectivity index (χ4n) is 5.18. The summed E-state index contributed by atoms with van der Waals surface area (Å²) in [6.45, 7) is -0.894. The third kappa shape index (κ3) is 4.57. The van der Waals surface area contributed by atoms with Crippen molar-refractivity contribution in [2.75, 3.05) is 13.2 Å². The van der Waals surface area contributed by atoms with E-state index in [1.54, 1.807) is 6.08 Å². The standard InChI is InChI=1S/C24H28O13/c25-9-24-16-11(17(29)21(24)37-24)5-6-33-22(16)36-23-20(32)19(31)18(30)14(35-23)8-34-15(28)4-2-10-1-3-12(26)13(27)7-10/h1-7,11,14,16-23,25-27,29-32H,8-9H2/b4-2+/t11-,14-,16?,17+,18-,19+,20-,21+,22+,23+,24-/m1/s1. The zero-order chi connectivity index (χ0) is 26.5. The van der Waals surface area contributed by atoms with E-state index < -0.39 is 85.8 Å². The molecule has 13 nitrogen and oxygen atoms in total. The minimum atomic E-state index is -1.71. The van der Waals surface area contributed by atoms with Gasteiger partial charge in [-0.3, -0.25) is 0 Å². The summed E-state index contributed by atoms with van der Waals surface area (Å²) in [7, 11) is 0. The number of benzene rings is 1. The van der Waals surface area contributed by atoms with Gasteiger partial charge >= 0.3 is 5.97 Å². The van der Waals surface area contributed by atoms with E-state index in [2.05, 4.69) is 0 Å². The molecule has 1 saturated carbocycles. The van der Waals surface area contributed by atoms with Crippen molar-refractivity contribution in [1.29, 1.82) is 0 Å². The van der Waals surface area contributed by atoms with Crippen LogP contribution in [0.2, 0.25) is 0 Å². The first kappa shape index (κ1) is 25.9. The predicted octanol–water partition coefficient (Wildman–Crippen LogP) is -1.91. The quantitative estimate of drug-likeness (QED) is 0.0900. The van der Waals surface area contributed by atoms with Crippen LogP contribution >= 0.6 is 0 Å². The van der Waals surface area contributed by atoms with Crippen molar-refractivity contribution in [3.05, 3.63) is 42.2 Å². The molecule has 1 aromatic rings. The minimum absolute atomic E-state index is 0.314. The summed E-state index contributed by atoms with van der Waals surface area (Å²) >= 11 is 0. The molecule has 0 amide bonds. The van der Waals surface area contributed by atoms with Crippen molar-refractivity contribution < 1.29 is 64.2 Å². The molecule has 2 saturated heterocycles. The van der Waals surface area contributed by atoms with Crippen LogP contribution in [0.5, 0.6) is 11.5 Å². The summed E-state index contributed by atoms with van der Waals surface area (Å²) in [5, 5.41) is 70.4. The number of hydrogen-bond acceptors (Lipinski definition) is 13. The van der Waals surface area contributed by atoms with Crippen molar-refractivity contribution in [3.63, 3.8) is 0 Å². The highest BCUT2D eigenvalue weighted by Gasteiger charge is 2.75. The van der Waals surface area contributed by atoms with Gasteiger partial charge < -0.3 is 59.4 Å². The topological polar surface area (TPSA) is 208 Å². The fourth-order valence-corrected chi connectivity index (χ4v) is 5.18. The average Bonchev–Trinajstić information content (AvgIpc) is 3.58. The van der Waals surface area contributed by atoms with Gasteiger partial charge in [-0.15, -0.1) is 0 Å². The summed E-state index contributed by atoms with van der Waals surface area (Å²) < 4.78 is 27.6. The Morgan fingerprint density at radius 2 is 1.81 bits per heavy atom. The van der Waals surface area contributed by atoms with Gasteiger partial charge in [0.2, 0.25) is 6.29 Å². The molecule has 5 rings (SSSR count). The van der Waals surface area contributed by atoms with E-state index >= 15 is 0 Å². The summed E-state index contributed by atoms with van der Waals surface area (Å²) in [6.07, 6.45) is -5.09. The van der Waals surface area contributed by atoms with Gasteiger partial charge in [0.15, 0.2) is 17.8 Å². The molecule has 3 aliphatic heterocycles. The second-order valence-electron chi connectivity index (χ2n) is 9.44. The first-order valence-corrected chi connectivity index (χ1v) is 11.7. The lowest BCUT2D eigenvalue weighted by molar-refractivity contribution is -0.344. The van der Waals surface area contributed by atoms with E-state index in [9.17, 15) is 40.5 Å². The second kappa shape index (κ2) is 9.85. The molecule has 3 fully saturated rings. The Labute approximate surface area is 210 Å². The normalized spacial score (nSPS) is 42.2. The number of carbonyl (C=O) groups excluding carboxylic acids is 1. The number of aliphatic hydroxyl groups is 5. The molecule has 0 radical (unpaired) electrons. The highest BCUT2D eigenvalue weighted by atomic mass is 16.8. The van der Waals surface area contributed by atoms with Gasteiger partial charge in [0.05, 0.1) is 24.9 Å². The molecule has 0 bridgehead atoms. The van der Waals surface area contributed by atoms with E-state index in [0.717, 1.165) is 6.08 Å². The maximum Gasteiger partial charge on any atom is 0.330 e. The Morgan fingerprint density at radius 1 is 1.03 bits per heavy atom. The van der Waals surface area contributed by atoms with E-state index in [1.165, 1.54) is 30.5 Å². The summed E-state index contributed by atoms with van der Waals surface area (Å²) in [5.41, 5.74) is -0.667. The molecule has 37 heavy (non-hydrogen) atoms. The van der Waals surface area contributed by atoms with Crippen LogP contribution in [0.3, 0.4) is 0 Å².